The van der Waals surface area contributed by atoms with E-state index in [1.165, 1.54) is 26.7 Å². The fourth-order valence-corrected chi connectivity index (χ4v) is 8.25. The Morgan fingerprint density at radius 3 is 1.76 bits per heavy atom. The normalized spacial score (nSPS) is 13.3. The maximum absolute atomic E-state index is 12.0. The van der Waals surface area contributed by atoms with Gasteiger partial charge >= 0.3 is 5.97 Å². The van der Waals surface area contributed by atoms with Crippen LogP contribution in [0.25, 0.3) is 0 Å². The fourth-order valence-electron chi connectivity index (χ4n) is 5.63. The topological polar surface area (TPSA) is 154 Å². The van der Waals surface area contributed by atoms with E-state index in [9.17, 15) is 30.3 Å². The Kier molecular flexibility index (Phi) is 14.4. The second-order valence-electron chi connectivity index (χ2n) is 12.7. The molecule has 0 radical (unpaired) electrons. The van der Waals surface area contributed by atoms with Gasteiger partial charge in [0.15, 0.2) is 19.6 Å². The lowest BCUT2D eigenvalue weighted by molar-refractivity contribution is -0.777. The summed E-state index contributed by atoms with van der Waals surface area (Å²) < 4.78 is 9.03. The highest BCUT2D eigenvalue weighted by molar-refractivity contribution is 7.97. The molecule has 0 heterocycles. The Labute approximate surface area is 298 Å². The molecular weight excluding hydrogens is 681 g/mol. The Morgan fingerprint density at radius 2 is 1.30 bits per heavy atom. The minimum atomic E-state index is -0.914. The first-order valence-corrected chi connectivity index (χ1v) is 18.2. The van der Waals surface area contributed by atoms with Crippen LogP contribution in [0.15, 0.2) is 117 Å². The number of nitro benzene ring substituents is 2. The van der Waals surface area contributed by atoms with Crippen molar-refractivity contribution in [3.05, 3.63) is 123 Å². The third-order valence-corrected chi connectivity index (χ3v) is 11.1. The summed E-state index contributed by atoms with van der Waals surface area (Å²) in [5.41, 5.74) is 0.0741. The number of esters is 1. The molecule has 0 amide bonds. The van der Waals surface area contributed by atoms with Gasteiger partial charge in [0.05, 0.1) is 44.9 Å². The van der Waals surface area contributed by atoms with Crippen molar-refractivity contribution < 1.29 is 34.0 Å². The van der Waals surface area contributed by atoms with Crippen molar-refractivity contribution in [3.8, 4) is 5.75 Å². The van der Waals surface area contributed by atoms with Gasteiger partial charge in [-0.15, -0.1) is 0 Å². The molecule has 11 nitrogen and oxygen atoms in total. The van der Waals surface area contributed by atoms with Gasteiger partial charge in [0.2, 0.25) is 0 Å². The zero-order valence-corrected chi connectivity index (χ0v) is 29.8. The first kappa shape index (κ1) is 38.5. The van der Waals surface area contributed by atoms with Crippen LogP contribution in [-0.2, 0) is 30.5 Å². The van der Waals surface area contributed by atoms with Crippen LogP contribution in [0.3, 0.4) is 0 Å². The molecular formula is C37H40N2O9S2. The second kappa shape index (κ2) is 18.6. The van der Waals surface area contributed by atoms with Crippen molar-refractivity contribution >= 4 is 40.3 Å². The van der Waals surface area contributed by atoms with Crippen LogP contribution in [0, 0.1) is 26.1 Å². The average molecular weight is 721 g/mol. The lowest BCUT2D eigenvalue weighted by atomic mass is 9.86. The zero-order chi connectivity index (χ0) is 36.1. The monoisotopic (exact) mass is 720 g/mol. The summed E-state index contributed by atoms with van der Waals surface area (Å²) in [4.78, 5) is 36.1. The van der Waals surface area contributed by atoms with E-state index in [2.05, 4.69) is 115 Å². The van der Waals surface area contributed by atoms with E-state index in [-0.39, 0.29) is 40.5 Å². The molecule has 5 rings (SSSR count). The number of hydrogen-bond acceptors (Lipinski definition) is 10. The minimum Gasteiger partial charge on any atom is -0.691 e. The summed E-state index contributed by atoms with van der Waals surface area (Å²) in [6.07, 6.45) is 6.33. The number of carbonyl (C=O) groups excluding carboxylic acids is 1. The summed E-state index contributed by atoms with van der Waals surface area (Å²) >= 11 is 0.0284. The second-order valence-corrected chi connectivity index (χ2v) is 15.5. The molecule has 0 atom stereocenters. The maximum Gasteiger partial charge on any atom is 0.311 e. The number of nitro groups is 2. The molecule has 264 valence electrons. The van der Waals surface area contributed by atoms with Crippen LogP contribution in [0.1, 0.15) is 71.3 Å². The van der Waals surface area contributed by atoms with E-state index in [4.69, 9.17) is 4.74 Å². The highest BCUT2D eigenvalue weighted by Crippen LogP contribution is 2.41. The van der Waals surface area contributed by atoms with Crippen molar-refractivity contribution in [1.29, 1.82) is 0 Å². The molecule has 50 heavy (non-hydrogen) atoms. The van der Waals surface area contributed by atoms with Crippen LogP contribution in [0.2, 0.25) is 0 Å². The van der Waals surface area contributed by atoms with E-state index in [1.54, 1.807) is 0 Å². The molecule has 4 aromatic rings. The van der Waals surface area contributed by atoms with E-state index >= 15 is 0 Å². The molecule has 1 aliphatic rings. The molecule has 13 heteroatoms. The quantitative estimate of drug-likeness (QED) is 0.0263. The molecule has 0 aliphatic heterocycles. The van der Waals surface area contributed by atoms with E-state index in [0.29, 0.717) is 12.3 Å². The van der Waals surface area contributed by atoms with E-state index in [1.807, 2.05) is 0 Å². The summed E-state index contributed by atoms with van der Waals surface area (Å²) in [6.45, 7) is 6.78. The third-order valence-electron chi connectivity index (χ3n) is 8.19. The lowest BCUT2D eigenvalue weighted by Crippen LogP contribution is -2.13. The van der Waals surface area contributed by atoms with E-state index in [0.717, 1.165) is 37.8 Å². The van der Waals surface area contributed by atoms with Crippen LogP contribution in [0.4, 0.5) is 11.4 Å². The summed E-state index contributed by atoms with van der Waals surface area (Å²) in [5, 5.41) is 35.4. The Morgan fingerprint density at radius 1 is 0.800 bits per heavy atom. The van der Waals surface area contributed by atoms with Crippen LogP contribution >= 0.6 is 12.0 Å². The lowest BCUT2D eigenvalue weighted by Gasteiger charge is -2.20. The minimum absolute atomic E-state index is 0.0284. The highest BCUT2D eigenvalue weighted by atomic mass is 32.2. The summed E-state index contributed by atoms with van der Waals surface area (Å²) in [6, 6.07) is 32.5. The molecule has 0 bridgehead atoms. The van der Waals surface area contributed by atoms with Gasteiger partial charge in [0, 0.05) is 6.42 Å². The van der Waals surface area contributed by atoms with Crippen molar-refractivity contribution in [3.63, 3.8) is 0 Å². The number of nitrogens with zero attached hydrogens (tertiary/aromatic N) is 2. The average Bonchev–Trinajstić information content (AvgIpc) is 3.11. The van der Waals surface area contributed by atoms with Crippen LogP contribution in [0.5, 0.6) is 5.75 Å². The first-order valence-electron chi connectivity index (χ1n) is 16.2. The molecule has 0 N–H and O–H groups in total. The molecule has 1 aliphatic carbocycles. The van der Waals surface area contributed by atoms with Crippen LogP contribution in [-0.4, -0.2) is 15.8 Å². The predicted octanol–water partition coefficient (Wildman–Crippen LogP) is 9.08. The molecule has 0 unspecified atom stereocenters. The smallest absolute Gasteiger partial charge is 0.311 e. The zero-order valence-electron chi connectivity index (χ0n) is 28.1. The molecule has 1 saturated carbocycles. The number of benzene rings is 4. The van der Waals surface area contributed by atoms with Crippen molar-refractivity contribution in [2.45, 2.75) is 90.7 Å². The Balaban J connectivity index is 0.000000227. The largest absolute Gasteiger partial charge is 0.691 e. The molecule has 0 spiro atoms. The number of rotatable bonds is 12. The predicted molar refractivity (Wildman–Crippen MR) is 189 cm³/mol. The van der Waals surface area contributed by atoms with Gasteiger partial charge in [0.25, 0.3) is 11.4 Å². The Bertz CT molecular complexity index is 1640. The highest BCUT2D eigenvalue weighted by Gasteiger charge is 2.30. The maximum atomic E-state index is 12.0. The number of carbonyl (C=O) groups is 1. The van der Waals surface area contributed by atoms with Gasteiger partial charge in [-0.1, -0.05) is 101 Å². The third kappa shape index (κ3) is 11.1. The molecule has 4 aromatic carbocycles. The van der Waals surface area contributed by atoms with Gasteiger partial charge in [-0.3, -0.25) is 30.1 Å². The molecule has 0 aromatic heterocycles. The van der Waals surface area contributed by atoms with Crippen molar-refractivity contribution in [2.24, 2.45) is 5.92 Å². The van der Waals surface area contributed by atoms with Gasteiger partial charge in [-0.25, -0.2) is 0 Å². The van der Waals surface area contributed by atoms with Gasteiger partial charge in [-0.2, -0.15) is 4.33 Å². The standard InChI is InChI=1S/C22H23S.C15H18N2O9S/c1-22(2,3)18-14-16-21(17-15-18)23(19-10-6-4-7-11-19)20-12-8-5-9-13-20;18-14(7-6-10-4-2-1-3-5-10)24-11-8-12(16(19)20)15(27-26-25-23)13(9-11)17(21)22/h4-17H,1-3H3;8-10,23H,1-7H2/q+1;/p-1. The molecule has 0 saturated heterocycles. The van der Waals surface area contributed by atoms with Crippen molar-refractivity contribution in [2.75, 3.05) is 0 Å². The molecule has 1 fully saturated rings. The van der Waals surface area contributed by atoms with Crippen molar-refractivity contribution in [1.82, 2.24) is 0 Å². The SMILES string of the molecule is CC(C)(C)c1ccc([S+](c2ccccc2)c2ccccc2)cc1.O=C(CCC1CCCCC1)Oc1cc([N+](=O)[O-])c(SOO[O-])c([N+](=O)[O-])c1. The summed E-state index contributed by atoms with van der Waals surface area (Å²) in [7, 11) is -0.0497. The first-order chi connectivity index (χ1) is 24.0. The summed E-state index contributed by atoms with van der Waals surface area (Å²) in [5.74, 6) is -0.504. The fraction of sp³-hybridized carbons (Fsp3) is 0.324. The Hall–Kier alpha value is -4.27. The van der Waals surface area contributed by atoms with Gasteiger partial charge < -0.3 is 9.99 Å². The number of ether oxygens (including phenoxy) is 1. The van der Waals surface area contributed by atoms with Gasteiger partial charge in [-0.05, 0) is 59.7 Å². The van der Waals surface area contributed by atoms with Crippen LogP contribution < -0.4 is 9.99 Å². The van der Waals surface area contributed by atoms with Gasteiger partial charge in [0.1, 0.15) is 5.75 Å². The van der Waals surface area contributed by atoms with E-state index < -0.39 is 32.1 Å². The number of hydrogen-bond donors (Lipinski definition) is 0.